The molecule has 0 bridgehead atoms. The van der Waals surface area contributed by atoms with E-state index in [9.17, 15) is 18.0 Å². The molecule has 0 amide bonds. The van der Waals surface area contributed by atoms with E-state index >= 15 is 0 Å². The van der Waals surface area contributed by atoms with Crippen molar-refractivity contribution in [3.8, 4) is 0 Å². The second-order valence-corrected chi connectivity index (χ2v) is 11.5. The average molecular weight is 529 g/mol. The monoisotopic (exact) mass is 528 g/mol. The molecule has 0 saturated heterocycles. The van der Waals surface area contributed by atoms with Crippen LogP contribution < -0.4 is 16.0 Å². The van der Waals surface area contributed by atoms with Crippen molar-refractivity contribution in [2.75, 3.05) is 25.2 Å². The Hall–Kier alpha value is -3.70. The van der Waals surface area contributed by atoms with Crippen LogP contribution in [-0.4, -0.2) is 44.7 Å². The zero-order chi connectivity index (χ0) is 27.4. The number of nitrogens with zero attached hydrogens (tertiary/aromatic N) is 2. The number of aromatic nitrogens is 2. The minimum Gasteiger partial charge on any atom is -0.399 e. The third-order valence-electron chi connectivity index (χ3n) is 5.82. The second kappa shape index (κ2) is 10.7. The number of nitrogens with one attached hydrogen (secondary N) is 2. The second-order valence-electron chi connectivity index (χ2n) is 9.72. The Morgan fingerprint density at radius 3 is 2.43 bits per heavy atom. The molecule has 37 heavy (non-hydrogen) atoms. The fraction of sp³-hybridized carbons (Fsp3) is 0.346. The van der Waals surface area contributed by atoms with E-state index in [1.165, 1.54) is 37.3 Å². The van der Waals surface area contributed by atoms with Crippen LogP contribution >= 0.6 is 0 Å². The molecule has 2 aromatic rings. The van der Waals surface area contributed by atoms with Gasteiger partial charge in [0.05, 0.1) is 12.5 Å². The maximum Gasteiger partial charge on any atom is 0.331 e. The summed E-state index contributed by atoms with van der Waals surface area (Å²) in [5.74, 6) is 0. The Kier molecular flexibility index (Phi) is 8.09. The van der Waals surface area contributed by atoms with Gasteiger partial charge in [-0.2, -0.15) is 0 Å². The number of methoxy groups -OCH3 is 1. The van der Waals surface area contributed by atoms with Crippen LogP contribution in [0.25, 0.3) is 6.08 Å². The van der Waals surface area contributed by atoms with Crippen molar-refractivity contribution >= 4 is 28.0 Å². The molecule has 0 radical (unpaired) electrons. The van der Waals surface area contributed by atoms with Gasteiger partial charge in [-0.25, -0.2) is 13.2 Å². The summed E-state index contributed by atoms with van der Waals surface area (Å²) in [6.45, 7) is 6.23. The lowest BCUT2D eigenvalue weighted by molar-refractivity contribution is 0.00193. The average Bonchev–Trinajstić information content (AvgIpc) is 2.80. The molecule has 1 aliphatic carbocycles. The molecule has 11 heteroatoms. The SMILES string of the molecule is CO/N=C/c1cc(NS(C)(=O)=O)ccc1/C=C/C1=CC(OC)(n2ccc(=O)[nH]c2=O)C=C(C(C)(C)C)C1. The van der Waals surface area contributed by atoms with Gasteiger partial charge < -0.3 is 9.57 Å². The van der Waals surface area contributed by atoms with Crippen molar-refractivity contribution in [3.63, 3.8) is 0 Å². The van der Waals surface area contributed by atoms with E-state index in [1.807, 2.05) is 24.3 Å². The van der Waals surface area contributed by atoms with E-state index in [0.717, 1.165) is 23.0 Å². The summed E-state index contributed by atoms with van der Waals surface area (Å²) >= 11 is 0. The van der Waals surface area contributed by atoms with E-state index in [1.54, 1.807) is 18.2 Å². The number of aromatic amines is 1. The summed E-state index contributed by atoms with van der Waals surface area (Å²) < 4.78 is 33.0. The molecule has 0 spiro atoms. The summed E-state index contributed by atoms with van der Waals surface area (Å²) in [7, 11) is -0.527. The Morgan fingerprint density at radius 1 is 1.11 bits per heavy atom. The molecule has 10 nitrogen and oxygen atoms in total. The van der Waals surface area contributed by atoms with Crippen molar-refractivity contribution in [3.05, 3.63) is 91.8 Å². The maximum absolute atomic E-state index is 12.7. The molecule has 1 atom stereocenters. The Morgan fingerprint density at radius 2 is 1.84 bits per heavy atom. The number of H-pyrrole nitrogens is 1. The summed E-state index contributed by atoms with van der Waals surface area (Å²) in [4.78, 5) is 31.5. The Balaban J connectivity index is 2.11. The minimum absolute atomic E-state index is 0.224. The van der Waals surface area contributed by atoms with Crippen LogP contribution in [0.2, 0.25) is 0 Å². The molecule has 0 aliphatic heterocycles. The molecule has 0 fully saturated rings. The molecular formula is C26H32N4O6S. The van der Waals surface area contributed by atoms with Crippen molar-refractivity contribution < 1.29 is 18.0 Å². The summed E-state index contributed by atoms with van der Waals surface area (Å²) in [5, 5.41) is 3.83. The summed E-state index contributed by atoms with van der Waals surface area (Å²) in [6.07, 6.45) is 12.1. The number of sulfonamides is 1. The van der Waals surface area contributed by atoms with Crippen molar-refractivity contribution in [2.24, 2.45) is 10.6 Å². The van der Waals surface area contributed by atoms with Gasteiger partial charge in [0.2, 0.25) is 10.0 Å². The van der Waals surface area contributed by atoms with Crippen LogP contribution in [0, 0.1) is 5.41 Å². The van der Waals surface area contributed by atoms with Gasteiger partial charge in [-0.1, -0.05) is 49.7 Å². The van der Waals surface area contributed by atoms with Gasteiger partial charge in [0.1, 0.15) is 7.11 Å². The number of benzene rings is 1. The predicted octanol–water partition coefficient (Wildman–Crippen LogP) is 3.20. The number of allylic oxidation sites excluding steroid dienone is 3. The smallest absolute Gasteiger partial charge is 0.331 e. The normalized spacial score (nSPS) is 18.6. The van der Waals surface area contributed by atoms with Gasteiger partial charge in [0, 0.05) is 30.6 Å². The number of ether oxygens (including phenoxy) is 1. The third-order valence-corrected chi connectivity index (χ3v) is 6.43. The zero-order valence-electron chi connectivity index (χ0n) is 21.7. The highest BCUT2D eigenvalue weighted by molar-refractivity contribution is 7.92. The van der Waals surface area contributed by atoms with Crippen LogP contribution in [0.15, 0.2) is 74.6 Å². The molecule has 198 valence electrons. The first-order chi connectivity index (χ1) is 17.3. The first-order valence-corrected chi connectivity index (χ1v) is 13.3. The topological polar surface area (TPSA) is 132 Å². The van der Waals surface area contributed by atoms with Crippen LogP contribution in [0.3, 0.4) is 0 Å². The van der Waals surface area contributed by atoms with Crippen molar-refractivity contribution in [2.45, 2.75) is 32.9 Å². The fourth-order valence-corrected chi connectivity index (χ4v) is 4.49. The number of hydrogen-bond acceptors (Lipinski definition) is 7. The Bertz CT molecular complexity index is 1510. The summed E-state index contributed by atoms with van der Waals surface area (Å²) in [6, 6.07) is 6.34. The number of oxime groups is 1. The van der Waals surface area contributed by atoms with E-state index in [2.05, 4.69) is 35.6 Å². The number of hydrogen-bond donors (Lipinski definition) is 2. The van der Waals surface area contributed by atoms with E-state index < -0.39 is 27.0 Å². The van der Waals surface area contributed by atoms with Gasteiger partial charge in [-0.15, -0.1) is 0 Å². The van der Waals surface area contributed by atoms with Crippen molar-refractivity contribution in [1.29, 1.82) is 0 Å². The predicted molar refractivity (Wildman–Crippen MR) is 145 cm³/mol. The third kappa shape index (κ3) is 6.95. The fourth-order valence-electron chi connectivity index (χ4n) is 3.94. The van der Waals surface area contributed by atoms with E-state index in [0.29, 0.717) is 17.7 Å². The van der Waals surface area contributed by atoms with Crippen molar-refractivity contribution in [1.82, 2.24) is 9.55 Å². The molecule has 0 saturated carbocycles. The molecule has 1 aromatic carbocycles. The largest absolute Gasteiger partial charge is 0.399 e. The van der Waals surface area contributed by atoms with Gasteiger partial charge in [-0.3, -0.25) is 19.1 Å². The lowest BCUT2D eigenvalue weighted by Crippen LogP contribution is -2.44. The van der Waals surface area contributed by atoms with E-state index in [4.69, 9.17) is 9.57 Å². The maximum atomic E-state index is 12.7. The minimum atomic E-state index is -3.45. The molecule has 1 aliphatic rings. The lowest BCUT2D eigenvalue weighted by atomic mass is 9.78. The first kappa shape index (κ1) is 27.9. The lowest BCUT2D eigenvalue weighted by Gasteiger charge is -2.36. The van der Waals surface area contributed by atoms with Gasteiger partial charge in [0.15, 0.2) is 5.72 Å². The van der Waals surface area contributed by atoms with Gasteiger partial charge in [0.25, 0.3) is 5.56 Å². The first-order valence-electron chi connectivity index (χ1n) is 11.4. The van der Waals surface area contributed by atoms with Crippen LogP contribution in [0.1, 0.15) is 38.3 Å². The van der Waals surface area contributed by atoms with Crippen LogP contribution in [-0.2, 0) is 25.3 Å². The highest BCUT2D eigenvalue weighted by atomic mass is 32.2. The molecule has 3 rings (SSSR count). The highest BCUT2D eigenvalue weighted by Crippen LogP contribution is 2.40. The van der Waals surface area contributed by atoms with Gasteiger partial charge in [-0.05, 0) is 47.3 Å². The summed E-state index contributed by atoms with van der Waals surface area (Å²) in [5.41, 5.74) is 1.15. The molecule has 1 unspecified atom stereocenters. The number of anilines is 1. The zero-order valence-corrected chi connectivity index (χ0v) is 22.5. The standard InChI is InChI=1S/C26H32N4O6S/c1-25(2,3)21-13-18(15-26(16-21,35-4)30-12-11-23(31)28-24(30)32)7-8-19-9-10-22(29-37(6,33)34)14-20(19)17-27-36-5/h7-12,14-17,29H,13H2,1-6H3,(H,28,31,32)/b8-7+,27-17+. The highest BCUT2D eigenvalue weighted by Gasteiger charge is 2.35. The molecule has 2 N–H and O–H groups in total. The molecule has 1 aromatic heterocycles. The molecular weight excluding hydrogens is 496 g/mol. The quantitative estimate of drug-likeness (QED) is 0.307. The van der Waals surface area contributed by atoms with Crippen LogP contribution in [0.4, 0.5) is 5.69 Å². The number of rotatable bonds is 8. The van der Waals surface area contributed by atoms with Crippen LogP contribution in [0.5, 0.6) is 0 Å². The molecule has 1 heterocycles. The van der Waals surface area contributed by atoms with E-state index in [-0.39, 0.29) is 5.41 Å². The Labute approximate surface area is 216 Å². The van der Waals surface area contributed by atoms with Gasteiger partial charge >= 0.3 is 5.69 Å².